The van der Waals surface area contributed by atoms with Gasteiger partial charge in [-0.15, -0.1) is 0 Å². The van der Waals surface area contributed by atoms with Gasteiger partial charge in [-0.3, -0.25) is 9.59 Å². The normalized spacial score (nSPS) is 22.0. The molecule has 0 aliphatic carbocycles. The Balaban J connectivity index is 1.16. The SMILES string of the molecule is C[C@H]1[C@@H](CN2CCC(O)(c3ccc(Cl)cc3)CC2)O[C@@H](c2ccc(-c3cccc(CNC(=O)CCC(=O)O)c3)cc2)O[C@H]1c1ccc(CO)cc1. The number of aliphatic carboxylic acids is 1. The number of carboxylic acids is 1. The third-order valence-corrected chi connectivity index (χ3v) is 10.4. The zero-order chi connectivity index (χ0) is 36.0. The summed E-state index contributed by atoms with van der Waals surface area (Å²) in [6.07, 6.45) is -0.0119. The van der Waals surface area contributed by atoms with E-state index in [-0.39, 0.29) is 43.5 Å². The predicted octanol–water partition coefficient (Wildman–Crippen LogP) is 6.76. The van der Waals surface area contributed by atoms with Gasteiger partial charge in [-0.2, -0.15) is 0 Å². The minimum atomic E-state index is -0.997. The number of carbonyl (C=O) groups is 2. The second-order valence-electron chi connectivity index (χ2n) is 13.7. The number of amides is 1. The largest absolute Gasteiger partial charge is 0.481 e. The third kappa shape index (κ3) is 9.23. The first-order chi connectivity index (χ1) is 24.6. The fraction of sp³-hybridized carbons (Fsp3) is 0.366. The van der Waals surface area contributed by atoms with Gasteiger partial charge < -0.3 is 35.0 Å². The molecule has 0 saturated carbocycles. The molecule has 2 heterocycles. The lowest BCUT2D eigenvalue weighted by atomic mass is 9.84. The molecule has 2 saturated heterocycles. The van der Waals surface area contributed by atoms with E-state index in [4.69, 9.17) is 26.2 Å². The molecule has 4 N–H and O–H groups in total. The molecule has 10 heteroatoms. The fourth-order valence-corrected chi connectivity index (χ4v) is 7.07. The number of aliphatic hydroxyl groups excluding tert-OH is 1. The second-order valence-corrected chi connectivity index (χ2v) is 14.1. The van der Waals surface area contributed by atoms with E-state index >= 15 is 0 Å². The minimum Gasteiger partial charge on any atom is -0.481 e. The van der Waals surface area contributed by atoms with Crippen molar-refractivity contribution in [1.29, 1.82) is 0 Å². The molecular formula is C41H45ClN2O7. The number of rotatable bonds is 12. The second kappa shape index (κ2) is 16.5. The maximum atomic E-state index is 12.0. The van der Waals surface area contributed by atoms with E-state index in [0.717, 1.165) is 52.0 Å². The van der Waals surface area contributed by atoms with Gasteiger partial charge >= 0.3 is 5.97 Å². The topological polar surface area (TPSA) is 129 Å². The van der Waals surface area contributed by atoms with E-state index in [9.17, 15) is 19.8 Å². The Morgan fingerprint density at radius 1 is 0.863 bits per heavy atom. The highest BCUT2D eigenvalue weighted by Crippen LogP contribution is 2.43. The number of carboxylic acid groups (broad SMARTS) is 1. The summed E-state index contributed by atoms with van der Waals surface area (Å²) in [6.45, 7) is 4.60. The fourth-order valence-electron chi connectivity index (χ4n) is 6.94. The zero-order valence-corrected chi connectivity index (χ0v) is 29.5. The van der Waals surface area contributed by atoms with Crippen LogP contribution >= 0.6 is 11.6 Å². The van der Waals surface area contributed by atoms with Crippen molar-refractivity contribution in [2.45, 2.75) is 69.9 Å². The van der Waals surface area contributed by atoms with Crippen molar-refractivity contribution in [3.63, 3.8) is 0 Å². The Morgan fingerprint density at radius 2 is 1.55 bits per heavy atom. The number of hydrogen-bond acceptors (Lipinski definition) is 7. The van der Waals surface area contributed by atoms with Crippen LogP contribution in [0.15, 0.2) is 97.1 Å². The number of halogens is 1. The molecule has 2 aliphatic heterocycles. The average molecular weight is 713 g/mol. The highest BCUT2D eigenvalue weighted by Gasteiger charge is 2.41. The van der Waals surface area contributed by atoms with Gasteiger partial charge in [0.25, 0.3) is 0 Å². The van der Waals surface area contributed by atoms with E-state index in [1.807, 2.05) is 97.1 Å². The summed E-state index contributed by atoms with van der Waals surface area (Å²) in [6, 6.07) is 31.4. The van der Waals surface area contributed by atoms with Crippen LogP contribution in [0.5, 0.6) is 0 Å². The number of nitrogens with one attached hydrogen (secondary N) is 1. The van der Waals surface area contributed by atoms with Crippen LogP contribution in [-0.4, -0.2) is 57.8 Å². The van der Waals surface area contributed by atoms with Crippen LogP contribution in [0.25, 0.3) is 11.1 Å². The van der Waals surface area contributed by atoms with Crippen LogP contribution in [0.1, 0.15) is 72.8 Å². The lowest BCUT2D eigenvalue weighted by Gasteiger charge is -2.45. The van der Waals surface area contributed by atoms with Crippen LogP contribution in [0, 0.1) is 5.92 Å². The molecule has 4 atom stereocenters. The van der Waals surface area contributed by atoms with Crippen LogP contribution < -0.4 is 5.32 Å². The molecule has 0 aromatic heterocycles. The Morgan fingerprint density at radius 3 is 2.22 bits per heavy atom. The number of piperidine rings is 1. The minimum absolute atomic E-state index is 0.0241. The van der Waals surface area contributed by atoms with Gasteiger partial charge in [-0.25, -0.2) is 0 Å². The van der Waals surface area contributed by atoms with Gasteiger partial charge in [0, 0.05) is 49.1 Å². The molecule has 268 valence electrons. The summed E-state index contributed by atoms with van der Waals surface area (Å²) in [5.41, 5.74) is 5.66. The first-order valence-corrected chi connectivity index (χ1v) is 17.9. The Labute approximate surface area is 303 Å². The van der Waals surface area contributed by atoms with Gasteiger partial charge in [0.1, 0.15) is 0 Å². The molecule has 9 nitrogen and oxygen atoms in total. The molecular weight excluding hydrogens is 668 g/mol. The standard InChI is InChI=1S/C41H45ClN2O7/c1-27-36(25-44-21-19-41(49,20-22-44)34-13-15-35(42)16-14-34)50-40(51-39(27)31-7-5-28(26-45)6-8-31)32-11-9-30(10-12-32)33-4-2-3-29(23-33)24-43-37(46)17-18-38(47)48/h2-16,23,27,36,39-40,45,49H,17-22,24-26H2,1H3,(H,43,46)(H,47,48)/t27-,36+,39+,40+/m0/s1. The summed E-state index contributed by atoms with van der Waals surface area (Å²) in [7, 11) is 0. The number of likely N-dealkylation sites (tertiary alicyclic amines) is 1. The average Bonchev–Trinajstić information content (AvgIpc) is 3.15. The van der Waals surface area contributed by atoms with E-state index in [0.29, 0.717) is 31.0 Å². The van der Waals surface area contributed by atoms with Gasteiger partial charge in [-0.05, 0) is 64.4 Å². The monoisotopic (exact) mass is 712 g/mol. The van der Waals surface area contributed by atoms with Crippen LogP contribution in [0.3, 0.4) is 0 Å². The third-order valence-electron chi connectivity index (χ3n) is 10.1. The number of ether oxygens (including phenoxy) is 2. The molecule has 1 amide bonds. The van der Waals surface area contributed by atoms with Crippen molar-refractivity contribution in [2.75, 3.05) is 19.6 Å². The summed E-state index contributed by atoms with van der Waals surface area (Å²) in [5.74, 6) is -1.26. The molecule has 0 bridgehead atoms. The van der Waals surface area contributed by atoms with E-state index < -0.39 is 17.9 Å². The summed E-state index contributed by atoms with van der Waals surface area (Å²) in [4.78, 5) is 25.2. The first-order valence-electron chi connectivity index (χ1n) is 17.5. The van der Waals surface area contributed by atoms with Crippen molar-refractivity contribution in [1.82, 2.24) is 10.2 Å². The number of nitrogens with zero attached hydrogens (tertiary/aromatic N) is 1. The van der Waals surface area contributed by atoms with Crippen LogP contribution in [-0.2, 0) is 37.8 Å². The van der Waals surface area contributed by atoms with Crippen LogP contribution in [0.2, 0.25) is 5.02 Å². The number of hydrogen-bond donors (Lipinski definition) is 4. The number of benzene rings is 4. The summed E-state index contributed by atoms with van der Waals surface area (Å²) >= 11 is 6.09. The lowest BCUT2D eigenvalue weighted by Crippen LogP contribution is -2.49. The highest BCUT2D eigenvalue weighted by atomic mass is 35.5. The van der Waals surface area contributed by atoms with E-state index in [1.54, 1.807) is 0 Å². The smallest absolute Gasteiger partial charge is 0.303 e. The van der Waals surface area contributed by atoms with E-state index in [2.05, 4.69) is 17.1 Å². The van der Waals surface area contributed by atoms with Crippen molar-refractivity contribution < 1.29 is 34.4 Å². The lowest BCUT2D eigenvalue weighted by molar-refractivity contribution is -0.277. The Kier molecular flexibility index (Phi) is 11.9. The molecule has 2 fully saturated rings. The first kappa shape index (κ1) is 36.7. The molecule has 4 aromatic carbocycles. The predicted molar refractivity (Wildman–Crippen MR) is 195 cm³/mol. The highest BCUT2D eigenvalue weighted by molar-refractivity contribution is 6.30. The number of carbonyl (C=O) groups excluding carboxylic acids is 1. The van der Waals surface area contributed by atoms with E-state index in [1.165, 1.54) is 0 Å². The van der Waals surface area contributed by atoms with Crippen molar-refractivity contribution in [2.24, 2.45) is 5.92 Å². The van der Waals surface area contributed by atoms with Crippen molar-refractivity contribution in [3.05, 3.63) is 130 Å². The van der Waals surface area contributed by atoms with Gasteiger partial charge in [0.2, 0.25) is 5.91 Å². The van der Waals surface area contributed by atoms with Crippen molar-refractivity contribution >= 4 is 23.5 Å². The van der Waals surface area contributed by atoms with Gasteiger partial charge in [-0.1, -0.05) is 97.4 Å². The molecule has 0 unspecified atom stereocenters. The van der Waals surface area contributed by atoms with Gasteiger partial charge in [0.15, 0.2) is 6.29 Å². The molecule has 0 spiro atoms. The number of aliphatic hydroxyl groups is 2. The van der Waals surface area contributed by atoms with Gasteiger partial charge in [0.05, 0.1) is 30.8 Å². The Hall–Kier alpha value is -4.09. The Bertz CT molecular complexity index is 1770. The quantitative estimate of drug-likeness (QED) is 0.127. The van der Waals surface area contributed by atoms with Crippen molar-refractivity contribution in [3.8, 4) is 11.1 Å². The zero-order valence-electron chi connectivity index (χ0n) is 28.7. The van der Waals surface area contributed by atoms with Crippen LogP contribution in [0.4, 0.5) is 0 Å². The molecule has 0 radical (unpaired) electrons. The molecule has 2 aliphatic rings. The maximum Gasteiger partial charge on any atom is 0.303 e. The summed E-state index contributed by atoms with van der Waals surface area (Å²) in [5, 5.41) is 33.4. The molecule has 4 aromatic rings. The molecule has 6 rings (SSSR count). The maximum absolute atomic E-state index is 12.0. The summed E-state index contributed by atoms with van der Waals surface area (Å²) < 4.78 is 13.4. The molecule has 51 heavy (non-hydrogen) atoms.